The van der Waals surface area contributed by atoms with Crippen molar-refractivity contribution in [3.05, 3.63) is 39.6 Å². The molecule has 1 N–H and O–H groups in total. The molecule has 3 heterocycles. The maximum atomic E-state index is 12.7. The number of aromatic nitrogens is 2. The maximum Gasteiger partial charge on any atom is 0.411 e. The molecule has 33 heavy (non-hydrogen) atoms. The Balaban J connectivity index is 1.69. The van der Waals surface area contributed by atoms with Crippen LogP contribution in [0.4, 0.5) is 4.79 Å². The Morgan fingerprint density at radius 3 is 2.55 bits per heavy atom. The summed E-state index contributed by atoms with van der Waals surface area (Å²) < 4.78 is 29.3. The molecule has 0 fully saturated rings. The van der Waals surface area contributed by atoms with Crippen LogP contribution in [0.5, 0.6) is 0 Å². The van der Waals surface area contributed by atoms with Gasteiger partial charge in [-0.05, 0) is 38.8 Å². The fraction of sp³-hybridized carbons (Fsp3) is 0.545. The van der Waals surface area contributed by atoms with E-state index < -0.39 is 21.5 Å². The van der Waals surface area contributed by atoms with E-state index in [0.717, 1.165) is 10.6 Å². The van der Waals surface area contributed by atoms with E-state index in [0.29, 0.717) is 17.2 Å². The summed E-state index contributed by atoms with van der Waals surface area (Å²) in [6.45, 7) is 11.6. The van der Waals surface area contributed by atoms with E-state index in [4.69, 9.17) is 4.74 Å². The summed E-state index contributed by atoms with van der Waals surface area (Å²) in [7, 11) is -3.32. The first kappa shape index (κ1) is 25.1. The van der Waals surface area contributed by atoms with Crippen molar-refractivity contribution < 1.29 is 22.7 Å². The van der Waals surface area contributed by atoms with Crippen LogP contribution in [0.3, 0.4) is 0 Å². The third-order valence-electron chi connectivity index (χ3n) is 5.08. The number of hydrogen-bond donors (Lipinski definition) is 1. The Kier molecular flexibility index (Phi) is 7.13. The second kappa shape index (κ2) is 9.38. The third-order valence-corrected chi connectivity index (χ3v) is 7.85. The monoisotopic (exact) mass is 494 g/mol. The normalized spacial score (nSPS) is 16.1. The number of sulfone groups is 1. The van der Waals surface area contributed by atoms with Gasteiger partial charge in [-0.1, -0.05) is 20.8 Å². The molecule has 0 bridgehead atoms. The van der Waals surface area contributed by atoms with Gasteiger partial charge in [0.05, 0.1) is 46.0 Å². The van der Waals surface area contributed by atoms with Gasteiger partial charge >= 0.3 is 6.09 Å². The molecule has 180 valence electrons. The van der Waals surface area contributed by atoms with E-state index in [-0.39, 0.29) is 35.1 Å². The lowest BCUT2D eigenvalue weighted by Gasteiger charge is -2.30. The Labute approximate surface area is 198 Å². The quantitative estimate of drug-likeness (QED) is 0.650. The molecule has 1 atom stereocenters. The van der Waals surface area contributed by atoms with E-state index in [1.165, 1.54) is 23.6 Å². The smallest absolute Gasteiger partial charge is 0.411 e. The van der Waals surface area contributed by atoms with Crippen LogP contribution in [0.15, 0.2) is 23.2 Å². The van der Waals surface area contributed by atoms with E-state index >= 15 is 0 Å². The first-order chi connectivity index (χ1) is 15.3. The zero-order valence-corrected chi connectivity index (χ0v) is 21.3. The van der Waals surface area contributed by atoms with Crippen molar-refractivity contribution in [1.29, 1.82) is 0 Å². The first-order valence-electron chi connectivity index (χ1n) is 10.8. The van der Waals surface area contributed by atoms with Gasteiger partial charge in [0.2, 0.25) is 0 Å². The zero-order valence-electron chi connectivity index (χ0n) is 19.7. The van der Waals surface area contributed by atoms with Gasteiger partial charge < -0.3 is 10.1 Å². The molecule has 2 aromatic rings. The minimum Gasteiger partial charge on any atom is -0.444 e. The molecule has 1 aliphatic rings. The minimum absolute atomic E-state index is 0.00219. The number of nitrogens with zero attached hydrogens (tertiary/aromatic N) is 3. The van der Waals surface area contributed by atoms with E-state index in [2.05, 4.69) is 15.3 Å². The fourth-order valence-corrected chi connectivity index (χ4v) is 5.33. The van der Waals surface area contributed by atoms with Crippen LogP contribution in [0, 0.1) is 5.92 Å². The summed E-state index contributed by atoms with van der Waals surface area (Å²) >= 11 is 1.26. The predicted molar refractivity (Wildman–Crippen MR) is 125 cm³/mol. The molecule has 0 unspecified atom stereocenters. The number of carbonyl (C=O) groups is 2. The lowest BCUT2D eigenvalue weighted by molar-refractivity contribution is 0.0124. The van der Waals surface area contributed by atoms with E-state index in [1.54, 1.807) is 17.9 Å². The maximum absolute atomic E-state index is 12.7. The third kappa shape index (κ3) is 5.70. The van der Waals surface area contributed by atoms with Crippen molar-refractivity contribution >= 4 is 33.2 Å². The molecule has 0 aromatic carbocycles. The van der Waals surface area contributed by atoms with Crippen molar-refractivity contribution in [2.75, 3.05) is 5.75 Å². The highest BCUT2D eigenvalue weighted by Crippen LogP contribution is 2.41. The molecule has 2 aromatic heterocycles. The molecule has 0 spiro atoms. The van der Waals surface area contributed by atoms with Crippen molar-refractivity contribution in [3.8, 4) is 0 Å². The van der Waals surface area contributed by atoms with Gasteiger partial charge in [0.15, 0.2) is 14.8 Å². The van der Waals surface area contributed by atoms with E-state index in [9.17, 15) is 18.0 Å². The van der Waals surface area contributed by atoms with Gasteiger partial charge in [0.1, 0.15) is 5.60 Å². The second-order valence-corrected chi connectivity index (χ2v) is 12.6. The van der Waals surface area contributed by atoms with Crippen LogP contribution in [0.2, 0.25) is 0 Å². The molecule has 3 rings (SSSR count). The summed E-state index contributed by atoms with van der Waals surface area (Å²) in [5.74, 6) is -0.242. The number of fused-ring (bicyclic) bond motifs is 1. The SMILES string of the molecule is CCS(=O)(=O)c1ccc(CNC(=O)c2nc3c(s2)CN(C(=O)OC(C)(C)C)[C@H]3C(C)C)nc1. The second-order valence-electron chi connectivity index (χ2n) is 9.20. The summed E-state index contributed by atoms with van der Waals surface area (Å²) in [6.07, 6.45) is 0.911. The summed E-state index contributed by atoms with van der Waals surface area (Å²) in [4.78, 5) is 36.7. The predicted octanol–water partition coefficient (Wildman–Crippen LogP) is 3.71. The van der Waals surface area contributed by atoms with Crippen LogP contribution >= 0.6 is 11.3 Å². The Bertz CT molecular complexity index is 1130. The molecule has 9 nitrogen and oxygen atoms in total. The number of amides is 2. The molecule has 0 radical (unpaired) electrons. The number of rotatable bonds is 6. The van der Waals surface area contributed by atoms with Crippen LogP contribution in [-0.2, 0) is 27.7 Å². The fourth-order valence-electron chi connectivity index (χ4n) is 3.49. The van der Waals surface area contributed by atoms with Gasteiger partial charge in [-0.3, -0.25) is 14.7 Å². The number of thiazole rings is 1. The largest absolute Gasteiger partial charge is 0.444 e. The number of ether oxygens (including phenoxy) is 1. The van der Waals surface area contributed by atoms with Gasteiger partial charge in [-0.15, -0.1) is 11.3 Å². The number of nitrogens with one attached hydrogen (secondary N) is 1. The van der Waals surface area contributed by atoms with Crippen LogP contribution < -0.4 is 5.32 Å². The lowest BCUT2D eigenvalue weighted by atomic mass is 10.0. The molecule has 2 amide bonds. The molecule has 1 aliphatic heterocycles. The highest BCUT2D eigenvalue weighted by Gasteiger charge is 2.41. The summed E-state index contributed by atoms with van der Waals surface area (Å²) in [6, 6.07) is 2.81. The number of hydrogen-bond acceptors (Lipinski definition) is 8. The first-order valence-corrected chi connectivity index (χ1v) is 13.2. The van der Waals surface area contributed by atoms with Crippen molar-refractivity contribution in [2.45, 2.75) is 71.2 Å². The molecule has 0 saturated heterocycles. The Hall–Kier alpha value is -2.53. The summed E-state index contributed by atoms with van der Waals surface area (Å²) in [5.41, 5.74) is 0.678. The summed E-state index contributed by atoms with van der Waals surface area (Å²) in [5, 5.41) is 3.10. The topological polar surface area (TPSA) is 119 Å². The number of carbonyl (C=O) groups excluding carboxylic acids is 2. The van der Waals surface area contributed by atoms with Crippen molar-refractivity contribution in [3.63, 3.8) is 0 Å². The van der Waals surface area contributed by atoms with Gasteiger partial charge in [0.25, 0.3) is 5.91 Å². The zero-order chi connectivity index (χ0) is 24.6. The molecule has 11 heteroatoms. The Morgan fingerprint density at radius 1 is 1.30 bits per heavy atom. The van der Waals surface area contributed by atoms with Crippen LogP contribution in [-0.4, -0.2) is 46.6 Å². The van der Waals surface area contributed by atoms with Crippen LogP contribution in [0.25, 0.3) is 0 Å². The number of pyridine rings is 1. The van der Waals surface area contributed by atoms with Gasteiger partial charge in [-0.2, -0.15) is 0 Å². The molecular weight excluding hydrogens is 464 g/mol. The van der Waals surface area contributed by atoms with E-state index in [1.807, 2.05) is 34.6 Å². The highest BCUT2D eigenvalue weighted by molar-refractivity contribution is 7.91. The highest BCUT2D eigenvalue weighted by atomic mass is 32.2. The molecule has 0 aliphatic carbocycles. The average Bonchev–Trinajstić information content (AvgIpc) is 3.29. The average molecular weight is 495 g/mol. The molecule has 0 saturated carbocycles. The van der Waals surface area contributed by atoms with Crippen molar-refractivity contribution in [2.24, 2.45) is 5.92 Å². The van der Waals surface area contributed by atoms with Gasteiger partial charge in [0, 0.05) is 6.20 Å². The standard InChI is InChI=1S/C22H30N4O5S2/c1-7-33(29,30)15-9-8-14(23-11-15)10-24-19(27)20-25-17-16(32-20)12-26(18(17)13(2)3)21(28)31-22(4,5)6/h8-9,11,13,18H,7,10,12H2,1-6H3,(H,24,27)/t18-/m0/s1. The Morgan fingerprint density at radius 2 is 2.00 bits per heavy atom. The lowest BCUT2D eigenvalue weighted by Crippen LogP contribution is -2.37. The molecular formula is C22H30N4O5S2. The van der Waals surface area contributed by atoms with Crippen molar-refractivity contribution in [1.82, 2.24) is 20.2 Å². The van der Waals surface area contributed by atoms with Gasteiger partial charge in [-0.25, -0.2) is 18.2 Å². The van der Waals surface area contributed by atoms with Crippen LogP contribution in [0.1, 0.15) is 73.7 Å². The minimum atomic E-state index is -3.32.